The number of carbonyl (C=O) groups is 2. The molecule has 180 valence electrons. The molecule has 0 bridgehead atoms. The number of methoxy groups -OCH3 is 1. The normalized spacial score (nSPS) is 14.6. The van der Waals surface area contributed by atoms with E-state index in [0.717, 1.165) is 23.1 Å². The molecule has 0 radical (unpaired) electrons. The number of nitrogens with zero attached hydrogens (tertiary/aromatic N) is 1. The summed E-state index contributed by atoms with van der Waals surface area (Å²) >= 11 is 10.1. The molecule has 0 atom stereocenters. The summed E-state index contributed by atoms with van der Waals surface area (Å²) in [6.45, 7) is 4.94. The van der Waals surface area contributed by atoms with Crippen LogP contribution >= 0.6 is 39.9 Å². The molecule has 3 rings (SSSR count). The van der Waals surface area contributed by atoms with Crippen LogP contribution in [0.2, 0.25) is 0 Å². The Morgan fingerprint density at radius 3 is 2.74 bits per heavy atom. The van der Waals surface area contributed by atoms with E-state index >= 15 is 0 Å². The standard InChI is InChI=1S/C25H26BrNO5S2/c1-4-11-31-22(28)9-10-27-24(29)21(34-25(27)33)14-17-12-19(26)23(20(13-17)30-3)32-15-18-8-6-5-7-16(18)2/h5-8,12-14H,4,9-11,15H2,1-3H3/b21-14-. The van der Waals surface area contributed by atoms with Gasteiger partial charge in [0.15, 0.2) is 11.5 Å². The third-order valence-electron chi connectivity index (χ3n) is 5.06. The maximum absolute atomic E-state index is 12.9. The summed E-state index contributed by atoms with van der Waals surface area (Å²) in [5.41, 5.74) is 2.99. The molecule has 0 saturated carbocycles. The Balaban J connectivity index is 1.73. The number of ether oxygens (including phenoxy) is 3. The van der Waals surface area contributed by atoms with E-state index in [4.69, 9.17) is 26.4 Å². The van der Waals surface area contributed by atoms with Gasteiger partial charge in [-0.15, -0.1) is 0 Å². The lowest BCUT2D eigenvalue weighted by molar-refractivity contribution is -0.143. The van der Waals surface area contributed by atoms with Crippen molar-refractivity contribution in [2.45, 2.75) is 33.3 Å². The molecule has 1 amide bonds. The van der Waals surface area contributed by atoms with E-state index in [-0.39, 0.29) is 24.8 Å². The van der Waals surface area contributed by atoms with E-state index in [1.165, 1.54) is 16.7 Å². The van der Waals surface area contributed by atoms with Gasteiger partial charge in [0.2, 0.25) is 0 Å². The van der Waals surface area contributed by atoms with Gasteiger partial charge < -0.3 is 14.2 Å². The van der Waals surface area contributed by atoms with Gasteiger partial charge in [0.1, 0.15) is 10.9 Å². The van der Waals surface area contributed by atoms with Crippen molar-refractivity contribution < 1.29 is 23.8 Å². The SMILES string of the molecule is CCCOC(=O)CCN1C(=O)/C(=C/c2cc(Br)c(OCc3ccccc3C)c(OC)c2)SC1=S. The Morgan fingerprint density at radius 1 is 1.26 bits per heavy atom. The Bertz CT molecular complexity index is 1120. The fraction of sp³-hybridized carbons (Fsp3) is 0.320. The average Bonchev–Trinajstić information content (AvgIpc) is 3.08. The maximum atomic E-state index is 12.9. The third kappa shape index (κ3) is 6.61. The van der Waals surface area contributed by atoms with Crippen molar-refractivity contribution in [1.82, 2.24) is 4.90 Å². The van der Waals surface area contributed by atoms with Crippen LogP contribution in [0.1, 0.15) is 36.5 Å². The van der Waals surface area contributed by atoms with Crippen LogP contribution in [0.25, 0.3) is 6.08 Å². The number of halogens is 1. The quantitative estimate of drug-likeness (QED) is 0.203. The minimum Gasteiger partial charge on any atom is -0.493 e. The molecule has 0 spiro atoms. The van der Waals surface area contributed by atoms with Crippen LogP contribution in [0.5, 0.6) is 11.5 Å². The molecule has 1 heterocycles. The van der Waals surface area contributed by atoms with Gasteiger partial charge in [0, 0.05) is 6.54 Å². The third-order valence-corrected chi connectivity index (χ3v) is 7.03. The largest absolute Gasteiger partial charge is 0.493 e. The van der Waals surface area contributed by atoms with Crippen molar-refractivity contribution in [1.29, 1.82) is 0 Å². The molecule has 0 N–H and O–H groups in total. The first kappa shape index (κ1) is 26.2. The van der Waals surface area contributed by atoms with Crippen LogP contribution in [-0.2, 0) is 20.9 Å². The molecular weight excluding hydrogens is 538 g/mol. The molecule has 2 aromatic carbocycles. The predicted molar refractivity (Wildman–Crippen MR) is 142 cm³/mol. The van der Waals surface area contributed by atoms with Crippen LogP contribution in [0, 0.1) is 6.92 Å². The van der Waals surface area contributed by atoms with Crippen LogP contribution in [0.3, 0.4) is 0 Å². The number of carbonyl (C=O) groups excluding carboxylic acids is 2. The summed E-state index contributed by atoms with van der Waals surface area (Å²) < 4.78 is 17.8. The van der Waals surface area contributed by atoms with Gasteiger partial charge in [-0.05, 0) is 64.2 Å². The highest BCUT2D eigenvalue weighted by molar-refractivity contribution is 9.10. The van der Waals surface area contributed by atoms with Crippen molar-refractivity contribution >= 4 is 62.2 Å². The summed E-state index contributed by atoms with van der Waals surface area (Å²) in [4.78, 5) is 26.6. The van der Waals surface area contributed by atoms with Crippen LogP contribution in [0.4, 0.5) is 0 Å². The van der Waals surface area contributed by atoms with Gasteiger partial charge in [-0.1, -0.05) is 55.2 Å². The molecule has 0 aromatic heterocycles. The van der Waals surface area contributed by atoms with Crippen LogP contribution < -0.4 is 9.47 Å². The lowest BCUT2D eigenvalue weighted by atomic mass is 10.1. The molecule has 0 aliphatic carbocycles. The smallest absolute Gasteiger partial charge is 0.307 e. The van der Waals surface area contributed by atoms with Gasteiger partial charge in [-0.3, -0.25) is 14.5 Å². The van der Waals surface area contributed by atoms with Crippen molar-refractivity contribution in [3.05, 3.63) is 62.5 Å². The number of benzene rings is 2. The number of rotatable bonds is 10. The first-order valence-electron chi connectivity index (χ1n) is 10.8. The second-order valence-corrected chi connectivity index (χ2v) is 10.1. The molecule has 2 aromatic rings. The summed E-state index contributed by atoms with van der Waals surface area (Å²) in [5, 5.41) is 0. The molecule has 1 saturated heterocycles. The van der Waals surface area contributed by atoms with E-state index in [2.05, 4.69) is 15.9 Å². The highest BCUT2D eigenvalue weighted by Crippen LogP contribution is 2.39. The molecule has 6 nitrogen and oxygen atoms in total. The van der Waals surface area contributed by atoms with E-state index in [1.54, 1.807) is 13.2 Å². The zero-order chi connectivity index (χ0) is 24.7. The number of aryl methyl sites for hydroxylation is 1. The van der Waals surface area contributed by atoms with E-state index in [9.17, 15) is 9.59 Å². The van der Waals surface area contributed by atoms with Gasteiger partial charge >= 0.3 is 5.97 Å². The lowest BCUT2D eigenvalue weighted by Gasteiger charge is -2.15. The zero-order valence-corrected chi connectivity index (χ0v) is 22.5. The Morgan fingerprint density at radius 2 is 2.03 bits per heavy atom. The molecule has 34 heavy (non-hydrogen) atoms. The Labute approximate surface area is 217 Å². The molecule has 1 aliphatic rings. The molecule has 1 fully saturated rings. The van der Waals surface area contributed by atoms with Crippen LogP contribution in [0.15, 0.2) is 45.8 Å². The summed E-state index contributed by atoms with van der Waals surface area (Å²) in [6, 6.07) is 11.7. The Kier molecular flexibility index (Phi) is 9.55. The highest BCUT2D eigenvalue weighted by Gasteiger charge is 2.32. The number of esters is 1. The first-order valence-corrected chi connectivity index (χ1v) is 12.8. The maximum Gasteiger partial charge on any atom is 0.307 e. The van der Waals surface area contributed by atoms with Crippen molar-refractivity contribution in [3.8, 4) is 11.5 Å². The summed E-state index contributed by atoms with van der Waals surface area (Å²) in [6.07, 6.45) is 2.61. The minimum absolute atomic E-state index is 0.103. The van der Waals surface area contributed by atoms with E-state index in [0.29, 0.717) is 38.4 Å². The minimum atomic E-state index is -0.338. The fourth-order valence-corrected chi connectivity index (χ4v) is 5.10. The number of amides is 1. The number of thiocarbonyl (C=S) groups is 1. The predicted octanol–water partition coefficient (Wildman–Crippen LogP) is 5.89. The topological polar surface area (TPSA) is 65.1 Å². The van der Waals surface area contributed by atoms with Gasteiger partial charge in [-0.2, -0.15) is 0 Å². The summed E-state index contributed by atoms with van der Waals surface area (Å²) in [7, 11) is 1.57. The van der Waals surface area contributed by atoms with E-state index in [1.807, 2.05) is 50.2 Å². The molecule has 1 aliphatic heterocycles. The second-order valence-electron chi connectivity index (χ2n) is 7.55. The zero-order valence-electron chi connectivity index (χ0n) is 19.3. The molecular formula is C25H26BrNO5S2. The number of hydrogen-bond acceptors (Lipinski definition) is 7. The van der Waals surface area contributed by atoms with Gasteiger partial charge in [-0.25, -0.2) is 0 Å². The van der Waals surface area contributed by atoms with E-state index < -0.39 is 0 Å². The van der Waals surface area contributed by atoms with Crippen molar-refractivity contribution in [2.75, 3.05) is 20.3 Å². The summed E-state index contributed by atoms with van der Waals surface area (Å²) in [5.74, 6) is 0.562. The fourth-order valence-electron chi connectivity index (χ4n) is 3.22. The first-order chi connectivity index (χ1) is 16.3. The second kappa shape index (κ2) is 12.4. The van der Waals surface area contributed by atoms with Gasteiger partial charge in [0.25, 0.3) is 5.91 Å². The lowest BCUT2D eigenvalue weighted by Crippen LogP contribution is -2.30. The van der Waals surface area contributed by atoms with Gasteiger partial charge in [0.05, 0.1) is 29.5 Å². The Hall–Kier alpha value is -2.36. The monoisotopic (exact) mass is 563 g/mol. The number of hydrogen-bond donors (Lipinski definition) is 0. The molecule has 9 heteroatoms. The average molecular weight is 565 g/mol. The highest BCUT2D eigenvalue weighted by atomic mass is 79.9. The molecule has 0 unspecified atom stereocenters. The number of thioether (sulfide) groups is 1. The van der Waals surface area contributed by atoms with Crippen LogP contribution in [-0.4, -0.2) is 41.4 Å². The van der Waals surface area contributed by atoms with Crippen molar-refractivity contribution in [2.24, 2.45) is 0 Å². The van der Waals surface area contributed by atoms with Crippen molar-refractivity contribution in [3.63, 3.8) is 0 Å².